The first kappa shape index (κ1) is 15.4. The minimum absolute atomic E-state index is 0.255. The first-order chi connectivity index (χ1) is 9.96. The van der Waals surface area contributed by atoms with Crippen LogP contribution in [-0.2, 0) is 0 Å². The van der Waals surface area contributed by atoms with Crippen LogP contribution in [0.15, 0.2) is 12.3 Å². The molecule has 0 aliphatic rings. The number of aliphatic hydroxyl groups is 3. The molecule has 0 aliphatic heterocycles. The number of carbonyl (C=O) groups is 1. The van der Waals surface area contributed by atoms with E-state index in [9.17, 15) is 20.1 Å². The van der Waals surface area contributed by atoms with E-state index in [2.05, 4.69) is 15.4 Å². The van der Waals surface area contributed by atoms with Crippen molar-refractivity contribution in [3.05, 3.63) is 29.2 Å². The van der Waals surface area contributed by atoms with Crippen molar-refractivity contribution in [1.82, 2.24) is 19.9 Å². The summed E-state index contributed by atoms with van der Waals surface area (Å²) in [5.74, 6) is -0.549. The van der Waals surface area contributed by atoms with E-state index >= 15 is 0 Å². The van der Waals surface area contributed by atoms with E-state index in [1.807, 2.05) is 6.92 Å². The van der Waals surface area contributed by atoms with Gasteiger partial charge in [-0.15, -0.1) is 0 Å². The first-order valence-corrected chi connectivity index (χ1v) is 6.43. The van der Waals surface area contributed by atoms with Crippen LogP contribution in [0.2, 0.25) is 0 Å². The Balaban J connectivity index is 2.37. The standard InChI is InChI=1S/C13H18N4O4/c1-8-3-11-14-4-10(9(2)17(11)16-8)12(21)15-13(5-18,6-19)7-20/h3-4,18-20H,5-7H2,1-2H3,(H,15,21). The van der Waals surface area contributed by atoms with Crippen LogP contribution in [0, 0.1) is 13.8 Å². The molecule has 21 heavy (non-hydrogen) atoms. The molecule has 0 aliphatic carbocycles. The molecule has 114 valence electrons. The van der Waals surface area contributed by atoms with Crippen molar-refractivity contribution < 1.29 is 20.1 Å². The monoisotopic (exact) mass is 294 g/mol. The maximum atomic E-state index is 12.3. The number of rotatable bonds is 5. The van der Waals surface area contributed by atoms with Crippen LogP contribution < -0.4 is 5.32 Å². The highest BCUT2D eigenvalue weighted by Gasteiger charge is 2.31. The molecular formula is C13H18N4O4. The highest BCUT2D eigenvalue weighted by molar-refractivity contribution is 5.95. The summed E-state index contributed by atoms with van der Waals surface area (Å²) in [6.07, 6.45) is 1.40. The lowest BCUT2D eigenvalue weighted by Crippen LogP contribution is -2.57. The summed E-state index contributed by atoms with van der Waals surface area (Å²) in [6.45, 7) is 1.79. The molecule has 4 N–H and O–H groups in total. The van der Waals surface area contributed by atoms with E-state index in [-0.39, 0.29) is 5.56 Å². The van der Waals surface area contributed by atoms with Crippen LogP contribution in [0.25, 0.3) is 5.65 Å². The lowest BCUT2D eigenvalue weighted by Gasteiger charge is -2.28. The molecule has 0 fully saturated rings. The van der Waals surface area contributed by atoms with Crippen LogP contribution in [0.3, 0.4) is 0 Å². The summed E-state index contributed by atoms with van der Waals surface area (Å²) < 4.78 is 1.54. The predicted molar refractivity (Wildman–Crippen MR) is 73.9 cm³/mol. The quantitative estimate of drug-likeness (QED) is 0.549. The molecule has 0 atom stereocenters. The van der Waals surface area contributed by atoms with Crippen LogP contribution in [0.4, 0.5) is 0 Å². The smallest absolute Gasteiger partial charge is 0.255 e. The fourth-order valence-corrected chi connectivity index (χ4v) is 1.96. The molecule has 0 bridgehead atoms. The van der Waals surface area contributed by atoms with Gasteiger partial charge in [0.1, 0.15) is 5.54 Å². The number of aromatic nitrogens is 3. The predicted octanol–water partition coefficient (Wildman–Crippen LogP) is -1.21. The maximum Gasteiger partial charge on any atom is 0.255 e. The largest absolute Gasteiger partial charge is 0.394 e. The van der Waals surface area contributed by atoms with Gasteiger partial charge < -0.3 is 20.6 Å². The highest BCUT2D eigenvalue weighted by atomic mass is 16.3. The van der Waals surface area contributed by atoms with Gasteiger partial charge in [-0.1, -0.05) is 0 Å². The van der Waals surface area contributed by atoms with Crippen molar-refractivity contribution in [2.75, 3.05) is 19.8 Å². The summed E-state index contributed by atoms with van der Waals surface area (Å²) in [7, 11) is 0. The second kappa shape index (κ2) is 5.76. The molecule has 0 radical (unpaired) electrons. The van der Waals surface area contributed by atoms with Crippen LogP contribution in [-0.4, -0.2) is 61.2 Å². The van der Waals surface area contributed by atoms with Gasteiger partial charge in [0.2, 0.25) is 0 Å². The Morgan fingerprint density at radius 1 is 1.29 bits per heavy atom. The minimum Gasteiger partial charge on any atom is -0.394 e. The summed E-state index contributed by atoms with van der Waals surface area (Å²) >= 11 is 0. The lowest BCUT2D eigenvalue weighted by atomic mass is 10.0. The molecule has 2 aromatic rings. The topological polar surface area (TPSA) is 120 Å². The van der Waals surface area contributed by atoms with E-state index < -0.39 is 31.3 Å². The number of nitrogens with one attached hydrogen (secondary N) is 1. The van der Waals surface area contributed by atoms with Gasteiger partial charge in [-0.3, -0.25) is 4.79 Å². The number of fused-ring (bicyclic) bond motifs is 1. The Morgan fingerprint density at radius 2 is 1.90 bits per heavy atom. The molecule has 0 unspecified atom stereocenters. The zero-order valence-corrected chi connectivity index (χ0v) is 11.9. The Kier molecular flexibility index (Phi) is 4.21. The molecule has 8 heteroatoms. The minimum atomic E-state index is -1.47. The molecule has 0 saturated heterocycles. The Labute approximate surface area is 121 Å². The van der Waals surface area contributed by atoms with Crippen molar-refractivity contribution in [3.8, 4) is 0 Å². The molecule has 2 aromatic heterocycles. The SMILES string of the molecule is Cc1cc2ncc(C(=O)NC(CO)(CO)CO)c(C)n2n1. The number of nitrogens with zero attached hydrogens (tertiary/aromatic N) is 3. The van der Waals surface area contributed by atoms with Crippen LogP contribution in [0.5, 0.6) is 0 Å². The molecule has 0 aromatic carbocycles. The molecule has 0 saturated carbocycles. The number of aryl methyl sites for hydroxylation is 2. The fourth-order valence-electron chi connectivity index (χ4n) is 1.96. The van der Waals surface area contributed by atoms with Gasteiger partial charge >= 0.3 is 0 Å². The second-order valence-electron chi connectivity index (χ2n) is 5.02. The molecule has 1 amide bonds. The number of hydrogen-bond acceptors (Lipinski definition) is 6. The van der Waals surface area contributed by atoms with Crippen molar-refractivity contribution in [2.45, 2.75) is 19.4 Å². The van der Waals surface area contributed by atoms with Gasteiger partial charge in [0.25, 0.3) is 5.91 Å². The van der Waals surface area contributed by atoms with Gasteiger partial charge in [0.05, 0.1) is 36.8 Å². The fraction of sp³-hybridized carbons (Fsp3) is 0.462. The highest BCUT2D eigenvalue weighted by Crippen LogP contribution is 2.12. The van der Waals surface area contributed by atoms with E-state index in [4.69, 9.17) is 0 Å². The summed E-state index contributed by atoms with van der Waals surface area (Å²) in [4.78, 5) is 16.4. The van der Waals surface area contributed by atoms with Crippen molar-refractivity contribution >= 4 is 11.6 Å². The lowest BCUT2D eigenvalue weighted by molar-refractivity contribution is 0.0374. The van der Waals surface area contributed by atoms with Crippen molar-refractivity contribution in [1.29, 1.82) is 0 Å². The maximum absolute atomic E-state index is 12.3. The average Bonchev–Trinajstić information content (AvgIpc) is 2.86. The molecule has 2 rings (SSSR count). The van der Waals surface area contributed by atoms with E-state index in [1.54, 1.807) is 17.5 Å². The molecule has 0 spiro atoms. The van der Waals surface area contributed by atoms with E-state index in [1.165, 1.54) is 6.20 Å². The van der Waals surface area contributed by atoms with E-state index in [0.717, 1.165) is 5.69 Å². The summed E-state index contributed by atoms with van der Waals surface area (Å²) in [6, 6.07) is 1.79. The zero-order chi connectivity index (χ0) is 15.6. The number of amides is 1. The number of aliphatic hydroxyl groups excluding tert-OH is 3. The van der Waals surface area contributed by atoms with Gasteiger partial charge in [0, 0.05) is 12.3 Å². The second-order valence-corrected chi connectivity index (χ2v) is 5.02. The summed E-state index contributed by atoms with van der Waals surface area (Å²) in [5.41, 5.74) is 0.759. The molecule has 8 nitrogen and oxygen atoms in total. The molecule has 2 heterocycles. The first-order valence-electron chi connectivity index (χ1n) is 6.43. The van der Waals surface area contributed by atoms with E-state index in [0.29, 0.717) is 11.3 Å². The van der Waals surface area contributed by atoms with Gasteiger partial charge in [0.15, 0.2) is 5.65 Å². The number of carbonyl (C=O) groups excluding carboxylic acids is 1. The van der Waals surface area contributed by atoms with Gasteiger partial charge in [-0.25, -0.2) is 9.50 Å². The third-order valence-electron chi connectivity index (χ3n) is 3.38. The Bertz CT molecular complexity index is 655. The van der Waals surface area contributed by atoms with Gasteiger partial charge in [-0.2, -0.15) is 5.10 Å². The molecular weight excluding hydrogens is 276 g/mol. The normalized spacial score (nSPS) is 11.9. The Hall–Kier alpha value is -2.03. The Morgan fingerprint density at radius 3 is 2.48 bits per heavy atom. The van der Waals surface area contributed by atoms with Crippen molar-refractivity contribution in [2.24, 2.45) is 0 Å². The third-order valence-corrected chi connectivity index (χ3v) is 3.38. The van der Waals surface area contributed by atoms with Crippen molar-refractivity contribution in [3.63, 3.8) is 0 Å². The van der Waals surface area contributed by atoms with Gasteiger partial charge in [-0.05, 0) is 13.8 Å². The van der Waals surface area contributed by atoms with Crippen LogP contribution in [0.1, 0.15) is 21.7 Å². The van der Waals surface area contributed by atoms with Crippen LogP contribution >= 0.6 is 0 Å². The average molecular weight is 294 g/mol. The third kappa shape index (κ3) is 2.73. The number of hydrogen-bond donors (Lipinski definition) is 4. The zero-order valence-electron chi connectivity index (χ0n) is 11.9. The summed E-state index contributed by atoms with van der Waals surface area (Å²) in [5, 5.41) is 34.4.